The Bertz CT molecular complexity index is 866. The van der Waals surface area contributed by atoms with Crippen molar-refractivity contribution in [2.45, 2.75) is 18.4 Å². The molecule has 0 bridgehead atoms. The van der Waals surface area contributed by atoms with E-state index in [0.717, 1.165) is 14.7 Å². The number of halogens is 2. The molecule has 3 nitrogen and oxygen atoms in total. The van der Waals surface area contributed by atoms with E-state index in [4.69, 9.17) is 11.6 Å². The molecule has 0 saturated carbocycles. The molecule has 0 aromatic heterocycles. The van der Waals surface area contributed by atoms with Gasteiger partial charge in [0.1, 0.15) is 5.60 Å². The molecule has 2 N–H and O–H groups in total. The largest absolute Gasteiger partial charge is 0.380 e. The Kier molecular flexibility index (Phi) is 7.10. The van der Waals surface area contributed by atoms with Gasteiger partial charge in [-0.05, 0) is 83.0 Å². The number of carbonyl (C=O) groups excluding carboxylic acids is 1. The fourth-order valence-electron chi connectivity index (χ4n) is 3.14. The van der Waals surface area contributed by atoms with Gasteiger partial charge in [-0.25, -0.2) is 0 Å². The molecule has 3 rings (SSSR count). The Morgan fingerprint density at radius 2 is 1.50 bits per heavy atom. The average Bonchev–Trinajstić information content (AvgIpc) is 2.72. The number of hydrogen-bond donors (Lipinski definition) is 2. The summed E-state index contributed by atoms with van der Waals surface area (Å²) in [6, 6.07) is 24.2. The smallest absolute Gasteiger partial charge is 0.251 e. The first-order valence-corrected chi connectivity index (χ1v) is 10.5. The number of hydrogen-bond acceptors (Lipinski definition) is 2. The molecule has 1 amide bonds. The van der Waals surface area contributed by atoms with E-state index >= 15 is 0 Å². The topological polar surface area (TPSA) is 49.3 Å². The highest BCUT2D eigenvalue weighted by molar-refractivity contribution is 14.1. The van der Waals surface area contributed by atoms with Crippen LogP contribution in [0.2, 0.25) is 5.02 Å². The quantitative estimate of drug-likeness (QED) is 0.334. The van der Waals surface area contributed by atoms with Crippen LogP contribution in [0.1, 0.15) is 34.3 Å². The van der Waals surface area contributed by atoms with Crippen LogP contribution in [0.15, 0.2) is 78.9 Å². The van der Waals surface area contributed by atoms with E-state index in [1.54, 1.807) is 24.3 Å². The van der Waals surface area contributed by atoms with Gasteiger partial charge in [0, 0.05) is 20.7 Å². The molecule has 144 valence electrons. The lowest BCUT2D eigenvalue weighted by Gasteiger charge is -2.30. The van der Waals surface area contributed by atoms with Gasteiger partial charge in [-0.2, -0.15) is 0 Å². The Hall–Kier alpha value is -1.89. The maximum absolute atomic E-state index is 12.2. The molecule has 3 aromatic carbocycles. The minimum Gasteiger partial charge on any atom is -0.380 e. The van der Waals surface area contributed by atoms with Gasteiger partial charge >= 0.3 is 0 Å². The summed E-state index contributed by atoms with van der Waals surface area (Å²) in [6.45, 7) is 0.480. The second-order valence-electron chi connectivity index (χ2n) is 6.60. The molecule has 0 aliphatic rings. The lowest BCUT2D eigenvalue weighted by Crippen LogP contribution is -2.30. The van der Waals surface area contributed by atoms with E-state index < -0.39 is 5.60 Å². The highest BCUT2D eigenvalue weighted by atomic mass is 127. The van der Waals surface area contributed by atoms with Crippen LogP contribution < -0.4 is 5.32 Å². The van der Waals surface area contributed by atoms with Gasteiger partial charge in [-0.3, -0.25) is 4.79 Å². The normalized spacial score (nSPS) is 13.0. The molecule has 1 atom stereocenters. The van der Waals surface area contributed by atoms with Gasteiger partial charge in [0.2, 0.25) is 0 Å². The lowest BCUT2D eigenvalue weighted by atomic mass is 9.82. The standard InChI is InChI=1S/C23H21ClINO2/c24-20-11-7-18(8-12-20)23(28,19-9-13-21(25)14-10-19)15-4-16-26-22(27)17-5-2-1-3-6-17/h1-3,5-14,28H,4,15-16H2,(H,26,27). The van der Waals surface area contributed by atoms with Crippen molar-refractivity contribution in [3.05, 3.63) is 104 Å². The fraction of sp³-hybridized carbons (Fsp3) is 0.174. The van der Waals surface area contributed by atoms with E-state index in [-0.39, 0.29) is 5.91 Å². The third kappa shape index (κ3) is 5.13. The first-order chi connectivity index (χ1) is 13.5. The van der Waals surface area contributed by atoms with Crippen molar-refractivity contribution < 1.29 is 9.90 Å². The zero-order chi connectivity index (χ0) is 20.0. The number of carbonyl (C=O) groups is 1. The molecule has 0 saturated heterocycles. The summed E-state index contributed by atoms with van der Waals surface area (Å²) >= 11 is 8.26. The van der Waals surface area contributed by atoms with Crippen LogP contribution in [-0.2, 0) is 5.60 Å². The van der Waals surface area contributed by atoms with Crippen molar-refractivity contribution >= 4 is 40.1 Å². The molecule has 5 heteroatoms. The van der Waals surface area contributed by atoms with Crippen LogP contribution in [0.5, 0.6) is 0 Å². The van der Waals surface area contributed by atoms with E-state index in [1.165, 1.54) is 0 Å². The first-order valence-electron chi connectivity index (χ1n) is 9.07. The van der Waals surface area contributed by atoms with Gasteiger partial charge in [0.05, 0.1) is 0 Å². The van der Waals surface area contributed by atoms with Gasteiger partial charge < -0.3 is 10.4 Å². The highest BCUT2D eigenvalue weighted by Gasteiger charge is 2.31. The van der Waals surface area contributed by atoms with Gasteiger partial charge in [0.25, 0.3) is 5.91 Å². The Labute approximate surface area is 183 Å². The third-order valence-corrected chi connectivity index (χ3v) is 5.65. The number of rotatable bonds is 7. The van der Waals surface area contributed by atoms with E-state index in [1.807, 2.05) is 54.6 Å². The maximum Gasteiger partial charge on any atom is 0.251 e. The molecular weight excluding hydrogens is 485 g/mol. The fourth-order valence-corrected chi connectivity index (χ4v) is 3.63. The minimum atomic E-state index is -1.15. The molecular formula is C23H21ClINO2. The van der Waals surface area contributed by atoms with Crippen LogP contribution in [0, 0.1) is 3.57 Å². The van der Waals surface area contributed by atoms with Crippen molar-refractivity contribution in [2.24, 2.45) is 0 Å². The monoisotopic (exact) mass is 505 g/mol. The molecule has 0 fully saturated rings. The summed E-state index contributed by atoms with van der Waals surface area (Å²) in [7, 11) is 0. The number of benzene rings is 3. The van der Waals surface area contributed by atoms with Crippen LogP contribution in [0.3, 0.4) is 0 Å². The van der Waals surface area contributed by atoms with Crippen molar-refractivity contribution in [3.63, 3.8) is 0 Å². The summed E-state index contributed by atoms with van der Waals surface area (Å²) in [4.78, 5) is 12.2. The number of nitrogens with one attached hydrogen (secondary N) is 1. The van der Waals surface area contributed by atoms with Crippen molar-refractivity contribution in [1.82, 2.24) is 5.32 Å². The minimum absolute atomic E-state index is 0.107. The molecule has 0 radical (unpaired) electrons. The van der Waals surface area contributed by atoms with Crippen LogP contribution in [0.25, 0.3) is 0 Å². The first kappa shape index (κ1) is 20.8. The zero-order valence-electron chi connectivity index (χ0n) is 15.2. The second kappa shape index (κ2) is 9.54. The van der Waals surface area contributed by atoms with Crippen LogP contribution >= 0.6 is 34.2 Å². The number of amides is 1. The molecule has 1 unspecified atom stereocenters. The molecule has 0 aliphatic heterocycles. The highest BCUT2D eigenvalue weighted by Crippen LogP contribution is 2.35. The van der Waals surface area contributed by atoms with E-state index in [9.17, 15) is 9.90 Å². The van der Waals surface area contributed by atoms with Crippen LogP contribution in [0.4, 0.5) is 0 Å². The lowest BCUT2D eigenvalue weighted by molar-refractivity contribution is 0.0679. The van der Waals surface area contributed by atoms with E-state index in [0.29, 0.717) is 30.0 Å². The summed E-state index contributed by atoms with van der Waals surface area (Å²) < 4.78 is 1.11. The predicted octanol–water partition coefficient (Wildman–Crippen LogP) is 5.39. The zero-order valence-corrected chi connectivity index (χ0v) is 18.2. The summed E-state index contributed by atoms with van der Waals surface area (Å²) in [5, 5.41) is 15.1. The SMILES string of the molecule is O=C(NCCCC(O)(c1ccc(Cl)cc1)c1ccc(I)cc1)c1ccccc1. The predicted molar refractivity (Wildman–Crippen MR) is 122 cm³/mol. The van der Waals surface area contributed by atoms with Gasteiger partial charge in [-0.15, -0.1) is 0 Å². The number of aliphatic hydroxyl groups is 1. The summed E-state index contributed by atoms with van der Waals surface area (Å²) in [5.74, 6) is -0.107. The molecule has 0 heterocycles. The average molecular weight is 506 g/mol. The molecule has 3 aromatic rings. The Balaban J connectivity index is 1.72. The summed E-state index contributed by atoms with van der Waals surface area (Å²) in [5.41, 5.74) is 1.09. The van der Waals surface area contributed by atoms with Crippen molar-refractivity contribution in [1.29, 1.82) is 0 Å². The maximum atomic E-state index is 12.2. The Morgan fingerprint density at radius 1 is 0.929 bits per heavy atom. The van der Waals surface area contributed by atoms with Crippen LogP contribution in [-0.4, -0.2) is 17.6 Å². The van der Waals surface area contributed by atoms with Crippen molar-refractivity contribution in [3.8, 4) is 0 Å². The third-order valence-electron chi connectivity index (χ3n) is 4.68. The van der Waals surface area contributed by atoms with Crippen molar-refractivity contribution in [2.75, 3.05) is 6.54 Å². The Morgan fingerprint density at radius 3 is 2.11 bits per heavy atom. The molecule has 28 heavy (non-hydrogen) atoms. The second-order valence-corrected chi connectivity index (χ2v) is 8.28. The van der Waals surface area contributed by atoms with E-state index in [2.05, 4.69) is 27.9 Å². The molecule has 0 spiro atoms. The van der Waals surface area contributed by atoms with Gasteiger partial charge in [-0.1, -0.05) is 54.1 Å². The van der Waals surface area contributed by atoms with Gasteiger partial charge in [0.15, 0.2) is 0 Å². The molecule has 0 aliphatic carbocycles. The summed E-state index contributed by atoms with van der Waals surface area (Å²) in [6.07, 6.45) is 1.11.